The molecular weight excluding hydrogens is 374 g/mol. The van der Waals surface area contributed by atoms with Crippen molar-refractivity contribution >= 4 is 11.9 Å². The van der Waals surface area contributed by atoms with Crippen LogP contribution in [-0.4, -0.2) is 24.5 Å². The molecular formula is C26H27NO3. The summed E-state index contributed by atoms with van der Waals surface area (Å²) in [5.41, 5.74) is 4.32. The third-order valence-electron chi connectivity index (χ3n) is 4.89. The lowest BCUT2D eigenvalue weighted by Gasteiger charge is -2.14. The summed E-state index contributed by atoms with van der Waals surface area (Å²) < 4.78 is 5.14. The van der Waals surface area contributed by atoms with Gasteiger partial charge < -0.3 is 10.1 Å². The normalized spacial score (nSPS) is 11.5. The minimum absolute atomic E-state index is 0.0157. The summed E-state index contributed by atoms with van der Waals surface area (Å²) in [6.45, 7) is 1.70. The van der Waals surface area contributed by atoms with Gasteiger partial charge in [-0.3, -0.25) is 9.59 Å². The topological polar surface area (TPSA) is 55.4 Å². The average Bonchev–Trinajstić information content (AvgIpc) is 2.78. The first-order valence-electron chi connectivity index (χ1n) is 10.2. The van der Waals surface area contributed by atoms with Crippen LogP contribution in [0.5, 0.6) is 0 Å². The Morgan fingerprint density at radius 2 is 1.40 bits per heavy atom. The van der Waals surface area contributed by atoms with Crippen LogP contribution in [0.3, 0.4) is 0 Å². The zero-order valence-corrected chi connectivity index (χ0v) is 17.2. The highest BCUT2D eigenvalue weighted by molar-refractivity contribution is 5.81. The molecule has 154 valence electrons. The molecule has 0 aliphatic carbocycles. The molecule has 1 N–H and O–H groups in total. The van der Waals surface area contributed by atoms with Crippen LogP contribution in [0.25, 0.3) is 11.1 Å². The van der Waals surface area contributed by atoms with Crippen molar-refractivity contribution in [3.63, 3.8) is 0 Å². The Hall–Kier alpha value is -3.40. The number of ether oxygens (including phenoxy) is 1. The number of rotatable bonds is 9. The molecule has 3 rings (SSSR count). The summed E-state index contributed by atoms with van der Waals surface area (Å²) in [6.07, 6.45) is 1.87. The molecule has 1 amide bonds. The lowest BCUT2D eigenvalue weighted by molar-refractivity contribution is -0.148. The highest BCUT2D eigenvalue weighted by Crippen LogP contribution is 2.19. The minimum atomic E-state index is -0.408. The van der Waals surface area contributed by atoms with Crippen molar-refractivity contribution in [2.45, 2.75) is 32.2 Å². The molecule has 4 nitrogen and oxygen atoms in total. The maximum absolute atomic E-state index is 12.1. The van der Waals surface area contributed by atoms with Gasteiger partial charge in [-0.25, -0.2) is 0 Å². The number of benzene rings is 3. The standard InChI is InChI=1S/C26H27NO3/c1-20(12-13-21-8-4-2-5-9-21)27-25(28)19-30-26(29)18-22-14-16-24(17-15-22)23-10-6-3-7-11-23/h2-11,14-17,20H,12-13,18-19H2,1H3,(H,27,28)/t20-/m0/s1. The number of carbonyl (C=O) groups is 2. The van der Waals surface area contributed by atoms with Crippen LogP contribution < -0.4 is 5.32 Å². The number of esters is 1. The minimum Gasteiger partial charge on any atom is -0.455 e. The molecule has 4 heteroatoms. The molecule has 0 heterocycles. The first-order valence-corrected chi connectivity index (χ1v) is 10.2. The molecule has 0 aliphatic rings. The van der Waals surface area contributed by atoms with E-state index in [4.69, 9.17) is 4.74 Å². The van der Waals surface area contributed by atoms with Gasteiger partial charge in [-0.1, -0.05) is 84.9 Å². The number of nitrogens with one attached hydrogen (secondary N) is 1. The van der Waals surface area contributed by atoms with Crippen molar-refractivity contribution < 1.29 is 14.3 Å². The van der Waals surface area contributed by atoms with Crippen LogP contribution in [0.4, 0.5) is 0 Å². The Morgan fingerprint density at radius 3 is 2.07 bits per heavy atom. The number of aryl methyl sites for hydroxylation is 1. The molecule has 0 unspecified atom stereocenters. The monoisotopic (exact) mass is 401 g/mol. The van der Waals surface area contributed by atoms with E-state index in [1.54, 1.807) is 0 Å². The number of hydrogen-bond acceptors (Lipinski definition) is 3. The fourth-order valence-electron chi connectivity index (χ4n) is 3.23. The predicted octanol–water partition coefficient (Wildman–Crippen LogP) is 4.58. The van der Waals surface area contributed by atoms with E-state index in [2.05, 4.69) is 17.4 Å². The van der Waals surface area contributed by atoms with E-state index in [1.165, 1.54) is 5.56 Å². The Bertz CT molecular complexity index is 937. The van der Waals surface area contributed by atoms with Gasteiger partial charge in [0.15, 0.2) is 6.61 Å². The van der Waals surface area contributed by atoms with E-state index in [0.29, 0.717) is 0 Å². The Morgan fingerprint density at radius 1 is 0.800 bits per heavy atom. The van der Waals surface area contributed by atoms with Gasteiger partial charge in [-0.05, 0) is 42.0 Å². The SMILES string of the molecule is C[C@@H](CCc1ccccc1)NC(=O)COC(=O)Cc1ccc(-c2ccccc2)cc1. The van der Waals surface area contributed by atoms with Crippen molar-refractivity contribution in [1.82, 2.24) is 5.32 Å². The lowest BCUT2D eigenvalue weighted by atomic mass is 10.0. The summed E-state index contributed by atoms with van der Waals surface area (Å²) in [5.74, 6) is -0.683. The smallest absolute Gasteiger partial charge is 0.310 e. The second kappa shape index (κ2) is 11.0. The van der Waals surface area contributed by atoms with Gasteiger partial charge in [0, 0.05) is 6.04 Å². The number of hydrogen-bond donors (Lipinski definition) is 1. The quantitative estimate of drug-likeness (QED) is 0.534. The lowest BCUT2D eigenvalue weighted by Crippen LogP contribution is -2.36. The van der Waals surface area contributed by atoms with Gasteiger partial charge >= 0.3 is 5.97 Å². The summed E-state index contributed by atoms with van der Waals surface area (Å²) >= 11 is 0. The van der Waals surface area contributed by atoms with Gasteiger partial charge in [0.25, 0.3) is 5.91 Å². The van der Waals surface area contributed by atoms with E-state index in [0.717, 1.165) is 29.5 Å². The molecule has 0 fully saturated rings. The summed E-state index contributed by atoms with van der Waals surface area (Å²) in [7, 11) is 0. The summed E-state index contributed by atoms with van der Waals surface area (Å²) in [4.78, 5) is 24.1. The van der Waals surface area contributed by atoms with E-state index in [9.17, 15) is 9.59 Å². The van der Waals surface area contributed by atoms with E-state index >= 15 is 0 Å². The molecule has 0 spiro atoms. The highest BCUT2D eigenvalue weighted by Gasteiger charge is 2.11. The van der Waals surface area contributed by atoms with Crippen LogP contribution in [0, 0.1) is 0 Å². The molecule has 0 saturated carbocycles. The van der Waals surface area contributed by atoms with Crippen molar-refractivity contribution in [2.75, 3.05) is 6.61 Å². The first kappa shape index (κ1) is 21.3. The fraction of sp³-hybridized carbons (Fsp3) is 0.231. The molecule has 0 saturated heterocycles. The molecule has 1 atom stereocenters. The van der Waals surface area contributed by atoms with Crippen molar-refractivity contribution in [3.8, 4) is 11.1 Å². The van der Waals surface area contributed by atoms with Crippen molar-refractivity contribution in [3.05, 3.63) is 96.1 Å². The Balaban J connectivity index is 1.38. The van der Waals surface area contributed by atoms with Crippen LogP contribution >= 0.6 is 0 Å². The Labute approximate surface area is 177 Å². The molecule has 0 aliphatic heterocycles. The molecule has 30 heavy (non-hydrogen) atoms. The second-order valence-electron chi connectivity index (χ2n) is 7.39. The maximum atomic E-state index is 12.1. The zero-order valence-electron chi connectivity index (χ0n) is 17.2. The van der Waals surface area contributed by atoms with Gasteiger partial charge in [0.2, 0.25) is 0 Å². The summed E-state index contributed by atoms with van der Waals surface area (Å²) in [6, 6.07) is 28.0. The maximum Gasteiger partial charge on any atom is 0.310 e. The molecule has 3 aromatic rings. The third-order valence-corrected chi connectivity index (χ3v) is 4.89. The highest BCUT2D eigenvalue weighted by atomic mass is 16.5. The van der Waals surface area contributed by atoms with E-state index < -0.39 is 5.97 Å². The zero-order chi connectivity index (χ0) is 21.2. The Kier molecular flexibility index (Phi) is 7.78. The van der Waals surface area contributed by atoms with Gasteiger partial charge in [-0.15, -0.1) is 0 Å². The number of amides is 1. The van der Waals surface area contributed by atoms with Gasteiger partial charge in [0.05, 0.1) is 6.42 Å². The van der Waals surface area contributed by atoms with E-state index in [1.807, 2.05) is 79.7 Å². The van der Waals surface area contributed by atoms with Gasteiger partial charge in [-0.2, -0.15) is 0 Å². The first-order chi connectivity index (χ1) is 14.6. The predicted molar refractivity (Wildman–Crippen MR) is 119 cm³/mol. The van der Waals surface area contributed by atoms with E-state index in [-0.39, 0.29) is 25.0 Å². The second-order valence-corrected chi connectivity index (χ2v) is 7.39. The molecule has 0 radical (unpaired) electrons. The fourth-order valence-corrected chi connectivity index (χ4v) is 3.23. The van der Waals surface area contributed by atoms with Crippen LogP contribution in [0.1, 0.15) is 24.5 Å². The van der Waals surface area contributed by atoms with Crippen LogP contribution in [0.2, 0.25) is 0 Å². The average molecular weight is 402 g/mol. The van der Waals surface area contributed by atoms with Crippen LogP contribution in [0.15, 0.2) is 84.9 Å². The van der Waals surface area contributed by atoms with Crippen molar-refractivity contribution in [1.29, 1.82) is 0 Å². The van der Waals surface area contributed by atoms with Crippen LogP contribution in [-0.2, 0) is 27.2 Å². The number of carbonyl (C=O) groups excluding carboxylic acids is 2. The van der Waals surface area contributed by atoms with Crippen molar-refractivity contribution in [2.24, 2.45) is 0 Å². The summed E-state index contributed by atoms with van der Waals surface area (Å²) in [5, 5.41) is 2.88. The van der Waals surface area contributed by atoms with Gasteiger partial charge in [0.1, 0.15) is 0 Å². The molecule has 0 bridgehead atoms. The molecule has 3 aromatic carbocycles. The largest absolute Gasteiger partial charge is 0.455 e. The molecule has 0 aromatic heterocycles. The third kappa shape index (κ3) is 6.89.